The van der Waals surface area contributed by atoms with Crippen molar-refractivity contribution in [1.82, 2.24) is 19.7 Å². The van der Waals surface area contributed by atoms with E-state index in [0.29, 0.717) is 11.3 Å². The monoisotopic (exact) mass is 378 g/mol. The predicted octanol–water partition coefficient (Wildman–Crippen LogP) is 2.53. The lowest BCUT2D eigenvalue weighted by Crippen LogP contribution is -2.45. The van der Waals surface area contributed by atoms with Gasteiger partial charge < -0.3 is 15.0 Å². The molecule has 1 aromatic carbocycles. The third-order valence-corrected chi connectivity index (χ3v) is 4.56. The van der Waals surface area contributed by atoms with Crippen LogP contribution in [-0.2, 0) is 4.74 Å². The van der Waals surface area contributed by atoms with Gasteiger partial charge in [-0.2, -0.15) is 5.10 Å². The van der Waals surface area contributed by atoms with Crippen LogP contribution >= 0.6 is 0 Å². The number of nitrogens with one attached hydrogen (secondary N) is 1. The molecule has 3 aromatic rings. The highest BCUT2D eigenvalue weighted by atomic mass is 16.5. The SMILES string of the molecule is CC1CN(c2ccc(NC(=O)c3ccc(-n4cncn4)cc3)cn2)CC(C)O1. The maximum Gasteiger partial charge on any atom is 0.255 e. The first-order chi connectivity index (χ1) is 13.6. The summed E-state index contributed by atoms with van der Waals surface area (Å²) in [6.07, 6.45) is 5.10. The molecule has 1 amide bonds. The molecule has 3 heterocycles. The van der Waals surface area contributed by atoms with Crippen LogP contribution in [0.15, 0.2) is 55.2 Å². The zero-order valence-corrected chi connectivity index (χ0v) is 15.8. The van der Waals surface area contributed by atoms with E-state index in [0.717, 1.165) is 24.6 Å². The summed E-state index contributed by atoms with van der Waals surface area (Å²) in [6, 6.07) is 11.0. The quantitative estimate of drug-likeness (QED) is 0.751. The van der Waals surface area contributed by atoms with E-state index in [2.05, 4.69) is 39.1 Å². The van der Waals surface area contributed by atoms with Crippen molar-refractivity contribution in [3.8, 4) is 5.69 Å². The van der Waals surface area contributed by atoms with Crippen molar-refractivity contribution in [3.63, 3.8) is 0 Å². The minimum absolute atomic E-state index is 0.172. The molecule has 1 aliphatic rings. The summed E-state index contributed by atoms with van der Waals surface area (Å²) >= 11 is 0. The first kappa shape index (κ1) is 18.1. The van der Waals surface area contributed by atoms with Crippen LogP contribution < -0.4 is 10.2 Å². The number of hydrogen-bond donors (Lipinski definition) is 1. The van der Waals surface area contributed by atoms with Gasteiger partial charge in [0.1, 0.15) is 18.5 Å². The van der Waals surface area contributed by atoms with Gasteiger partial charge in [-0.1, -0.05) is 0 Å². The molecule has 0 bridgehead atoms. The number of rotatable bonds is 4. The molecule has 0 aliphatic carbocycles. The number of nitrogens with zero attached hydrogens (tertiary/aromatic N) is 5. The average molecular weight is 378 g/mol. The Labute approximate surface area is 163 Å². The Balaban J connectivity index is 1.40. The molecule has 4 rings (SSSR count). The molecule has 8 nitrogen and oxygen atoms in total. The third-order valence-electron chi connectivity index (χ3n) is 4.56. The normalized spacial score (nSPS) is 19.4. The number of amides is 1. The second kappa shape index (κ2) is 7.77. The molecule has 2 unspecified atom stereocenters. The maximum atomic E-state index is 12.5. The smallest absolute Gasteiger partial charge is 0.255 e. The Morgan fingerprint density at radius 3 is 2.46 bits per heavy atom. The van der Waals surface area contributed by atoms with Crippen molar-refractivity contribution in [2.24, 2.45) is 0 Å². The molecule has 8 heteroatoms. The number of ether oxygens (including phenoxy) is 1. The molecule has 0 saturated carbocycles. The van der Waals surface area contributed by atoms with Crippen molar-refractivity contribution in [2.75, 3.05) is 23.3 Å². The van der Waals surface area contributed by atoms with Gasteiger partial charge >= 0.3 is 0 Å². The van der Waals surface area contributed by atoms with Crippen LogP contribution in [0.1, 0.15) is 24.2 Å². The highest BCUT2D eigenvalue weighted by molar-refractivity contribution is 6.04. The molecule has 28 heavy (non-hydrogen) atoms. The van der Waals surface area contributed by atoms with Gasteiger partial charge in [0.2, 0.25) is 0 Å². The predicted molar refractivity (Wildman–Crippen MR) is 106 cm³/mol. The molecular formula is C20H22N6O2. The van der Waals surface area contributed by atoms with E-state index in [1.54, 1.807) is 29.3 Å². The van der Waals surface area contributed by atoms with Gasteiger partial charge in [-0.05, 0) is 50.2 Å². The van der Waals surface area contributed by atoms with E-state index in [1.165, 1.54) is 6.33 Å². The second-order valence-electron chi connectivity index (χ2n) is 6.91. The van der Waals surface area contributed by atoms with Crippen LogP contribution in [0.2, 0.25) is 0 Å². The number of carbonyl (C=O) groups excluding carboxylic acids is 1. The largest absolute Gasteiger partial charge is 0.372 e. The molecule has 0 spiro atoms. The lowest BCUT2D eigenvalue weighted by molar-refractivity contribution is -0.00545. The van der Waals surface area contributed by atoms with E-state index < -0.39 is 0 Å². The Morgan fingerprint density at radius 1 is 1.11 bits per heavy atom. The summed E-state index contributed by atoms with van der Waals surface area (Å²) < 4.78 is 7.40. The molecule has 2 aromatic heterocycles. The fourth-order valence-electron chi connectivity index (χ4n) is 3.32. The number of anilines is 2. The summed E-state index contributed by atoms with van der Waals surface area (Å²) in [4.78, 5) is 23.1. The first-order valence-electron chi connectivity index (χ1n) is 9.21. The number of benzene rings is 1. The second-order valence-corrected chi connectivity index (χ2v) is 6.91. The fourth-order valence-corrected chi connectivity index (χ4v) is 3.32. The summed E-state index contributed by atoms with van der Waals surface area (Å²) in [6.45, 7) is 5.74. The van der Waals surface area contributed by atoms with Gasteiger partial charge in [0, 0.05) is 18.7 Å². The zero-order chi connectivity index (χ0) is 19.5. The Bertz CT molecular complexity index is 914. The molecule has 1 aliphatic heterocycles. The van der Waals surface area contributed by atoms with Crippen LogP contribution in [0.3, 0.4) is 0 Å². The molecule has 144 valence electrons. The number of aromatic nitrogens is 4. The van der Waals surface area contributed by atoms with E-state index >= 15 is 0 Å². The van der Waals surface area contributed by atoms with Crippen molar-refractivity contribution >= 4 is 17.4 Å². The first-order valence-corrected chi connectivity index (χ1v) is 9.21. The Kier molecular flexibility index (Phi) is 5.03. The summed E-state index contributed by atoms with van der Waals surface area (Å²) in [5.41, 5.74) is 2.06. The lowest BCUT2D eigenvalue weighted by atomic mass is 10.2. The highest BCUT2D eigenvalue weighted by Crippen LogP contribution is 2.20. The van der Waals surface area contributed by atoms with E-state index in [9.17, 15) is 4.79 Å². The molecule has 1 N–H and O–H groups in total. The molecule has 0 radical (unpaired) electrons. The Hall–Kier alpha value is -3.26. The number of carbonyl (C=O) groups is 1. The lowest BCUT2D eigenvalue weighted by Gasteiger charge is -2.36. The minimum atomic E-state index is -0.187. The number of morpholine rings is 1. The van der Waals surface area contributed by atoms with Crippen LogP contribution in [-0.4, -0.2) is 51.0 Å². The third kappa shape index (κ3) is 4.01. The number of pyridine rings is 1. The van der Waals surface area contributed by atoms with Crippen molar-refractivity contribution in [3.05, 3.63) is 60.8 Å². The van der Waals surface area contributed by atoms with E-state index in [4.69, 9.17) is 4.74 Å². The summed E-state index contributed by atoms with van der Waals surface area (Å²) in [5.74, 6) is 0.700. The van der Waals surface area contributed by atoms with E-state index in [-0.39, 0.29) is 18.1 Å². The van der Waals surface area contributed by atoms with Crippen LogP contribution in [0, 0.1) is 0 Å². The number of hydrogen-bond acceptors (Lipinski definition) is 6. The van der Waals surface area contributed by atoms with Crippen LogP contribution in [0.25, 0.3) is 5.69 Å². The molecule has 1 fully saturated rings. The van der Waals surface area contributed by atoms with Gasteiger partial charge in [-0.25, -0.2) is 14.6 Å². The van der Waals surface area contributed by atoms with Crippen molar-refractivity contribution < 1.29 is 9.53 Å². The molecular weight excluding hydrogens is 356 g/mol. The van der Waals surface area contributed by atoms with Crippen molar-refractivity contribution in [2.45, 2.75) is 26.1 Å². The molecule has 2 atom stereocenters. The Morgan fingerprint density at radius 2 is 1.86 bits per heavy atom. The van der Waals surface area contributed by atoms with Gasteiger partial charge in [0.05, 0.1) is 29.8 Å². The highest BCUT2D eigenvalue weighted by Gasteiger charge is 2.23. The van der Waals surface area contributed by atoms with Gasteiger partial charge in [-0.3, -0.25) is 4.79 Å². The summed E-state index contributed by atoms with van der Waals surface area (Å²) in [5, 5.41) is 6.95. The van der Waals surface area contributed by atoms with E-state index in [1.807, 2.05) is 24.3 Å². The average Bonchev–Trinajstić information content (AvgIpc) is 3.23. The summed E-state index contributed by atoms with van der Waals surface area (Å²) in [7, 11) is 0. The molecule has 1 saturated heterocycles. The topological polar surface area (TPSA) is 85.2 Å². The van der Waals surface area contributed by atoms with Crippen LogP contribution in [0.4, 0.5) is 11.5 Å². The van der Waals surface area contributed by atoms with Crippen molar-refractivity contribution in [1.29, 1.82) is 0 Å². The van der Waals surface area contributed by atoms with Gasteiger partial charge in [-0.15, -0.1) is 0 Å². The fraction of sp³-hybridized carbons (Fsp3) is 0.300. The van der Waals surface area contributed by atoms with Crippen LogP contribution in [0.5, 0.6) is 0 Å². The standard InChI is InChI=1S/C20H22N6O2/c1-14-10-25(11-15(2)28-14)19-8-5-17(9-22-19)24-20(27)16-3-6-18(7-4-16)26-13-21-12-23-26/h3-9,12-15H,10-11H2,1-2H3,(H,24,27). The van der Waals surface area contributed by atoms with Gasteiger partial charge in [0.25, 0.3) is 5.91 Å². The minimum Gasteiger partial charge on any atom is -0.372 e. The maximum absolute atomic E-state index is 12.5. The zero-order valence-electron chi connectivity index (χ0n) is 15.8. The van der Waals surface area contributed by atoms with Gasteiger partial charge in [0.15, 0.2) is 0 Å².